The molecule has 0 atom stereocenters. The third-order valence-electron chi connectivity index (χ3n) is 3.67. The first-order valence-electron chi connectivity index (χ1n) is 7.31. The third-order valence-corrected chi connectivity index (χ3v) is 3.67. The van der Waals surface area contributed by atoms with Crippen LogP contribution < -0.4 is 0 Å². The molecule has 23 heavy (non-hydrogen) atoms. The van der Waals surface area contributed by atoms with Crippen LogP contribution in [0.25, 0.3) is 0 Å². The van der Waals surface area contributed by atoms with E-state index in [0.29, 0.717) is 6.54 Å². The van der Waals surface area contributed by atoms with Crippen molar-refractivity contribution in [2.45, 2.75) is 25.9 Å². The van der Waals surface area contributed by atoms with Crippen molar-refractivity contribution in [3.63, 3.8) is 0 Å². The van der Waals surface area contributed by atoms with Gasteiger partial charge in [-0.2, -0.15) is 5.26 Å². The van der Waals surface area contributed by atoms with Gasteiger partial charge >= 0.3 is 5.97 Å². The van der Waals surface area contributed by atoms with Crippen LogP contribution in [0.4, 0.5) is 0 Å². The zero-order valence-electron chi connectivity index (χ0n) is 14.1. The van der Waals surface area contributed by atoms with E-state index in [1.807, 2.05) is 30.3 Å². The molecule has 6 nitrogen and oxygen atoms in total. The standard InChI is InChI=1S/C17H23N3O3/c1-17(2,13-18)19(3)15(21)11-20(12-16(22)23-4)10-14-8-6-5-7-9-14/h5-9H,10-12H2,1-4H3. The van der Waals surface area contributed by atoms with E-state index in [2.05, 4.69) is 6.07 Å². The number of amides is 1. The largest absolute Gasteiger partial charge is 0.468 e. The zero-order chi connectivity index (χ0) is 17.5. The Morgan fingerprint density at radius 1 is 1.22 bits per heavy atom. The summed E-state index contributed by atoms with van der Waals surface area (Å²) in [4.78, 5) is 27.1. The van der Waals surface area contributed by atoms with Gasteiger partial charge in [0.15, 0.2) is 0 Å². The third kappa shape index (κ3) is 5.72. The molecular formula is C17H23N3O3. The number of hydrogen-bond donors (Lipinski definition) is 0. The minimum Gasteiger partial charge on any atom is -0.468 e. The maximum Gasteiger partial charge on any atom is 0.319 e. The summed E-state index contributed by atoms with van der Waals surface area (Å²) < 4.78 is 4.69. The number of hydrogen-bond acceptors (Lipinski definition) is 5. The predicted molar refractivity (Wildman–Crippen MR) is 86.2 cm³/mol. The van der Waals surface area contributed by atoms with E-state index in [1.54, 1.807) is 25.8 Å². The summed E-state index contributed by atoms with van der Waals surface area (Å²) in [5.74, 6) is -0.632. The number of ether oxygens (including phenoxy) is 1. The topological polar surface area (TPSA) is 73.6 Å². The van der Waals surface area contributed by atoms with E-state index in [1.165, 1.54) is 12.0 Å². The monoisotopic (exact) mass is 317 g/mol. The fourth-order valence-electron chi connectivity index (χ4n) is 1.94. The highest BCUT2D eigenvalue weighted by molar-refractivity contribution is 5.80. The lowest BCUT2D eigenvalue weighted by Gasteiger charge is -2.31. The van der Waals surface area contributed by atoms with Crippen molar-refractivity contribution in [2.24, 2.45) is 0 Å². The number of likely N-dealkylation sites (N-methyl/N-ethyl adjacent to an activating group) is 1. The van der Waals surface area contributed by atoms with Gasteiger partial charge in [0.05, 0.1) is 26.3 Å². The summed E-state index contributed by atoms with van der Waals surface area (Å²) in [6.45, 7) is 3.84. The van der Waals surface area contributed by atoms with Crippen LogP contribution in [0.5, 0.6) is 0 Å². The van der Waals surface area contributed by atoms with Gasteiger partial charge in [-0.1, -0.05) is 30.3 Å². The van der Waals surface area contributed by atoms with Crippen LogP contribution >= 0.6 is 0 Å². The first-order valence-corrected chi connectivity index (χ1v) is 7.31. The zero-order valence-corrected chi connectivity index (χ0v) is 14.1. The van der Waals surface area contributed by atoms with E-state index in [-0.39, 0.29) is 19.0 Å². The first-order chi connectivity index (χ1) is 10.8. The molecule has 0 bridgehead atoms. The van der Waals surface area contributed by atoms with Crippen LogP contribution in [0, 0.1) is 11.3 Å². The Kier molecular flexibility index (Phi) is 6.73. The predicted octanol–water partition coefficient (Wildman–Crippen LogP) is 1.42. The second-order valence-corrected chi connectivity index (χ2v) is 5.83. The lowest BCUT2D eigenvalue weighted by molar-refractivity contribution is -0.143. The summed E-state index contributed by atoms with van der Waals surface area (Å²) in [6, 6.07) is 11.7. The van der Waals surface area contributed by atoms with Crippen molar-refractivity contribution in [1.82, 2.24) is 9.80 Å². The van der Waals surface area contributed by atoms with E-state index >= 15 is 0 Å². The summed E-state index contributed by atoms with van der Waals surface area (Å²) in [5, 5.41) is 9.13. The van der Waals surface area contributed by atoms with Gasteiger partial charge in [-0.25, -0.2) is 0 Å². The first kappa shape index (κ1) is 18.7. The SMILES string of the molecule is COC(=O)CN(CC(=O)N(C)C(C)(C)C#N)Cc1ccccc1. The summed E-state index contributed by atoms with van der Waals surface area (Å²) >= 11 is 0. The molecule has 1 amide bonds. The van der Waals surface area contributed by atoms with Gasteiger partial charge < -0.3 is 9.64 Å². The smallest absolute Gasteiger partial charge is 0.319 e. The van der Waals surface area contributed by atoms with Crippen LogP contribution in [-0.4, -0.2) is 54.5 Å². The van der Waals surface area contributed by atoms with Crippen LogP contribution in [0.15, 0.2) is 30.3 Å². The normalized spacial score (nSPS) is 11.0. The number of methoxy groups -OCH3 is 1. The van der Waals surface area contributed by atoms with Crippen LogP contribution in [-0.2, 0) is 20.9 Å². The van der Waals surface area contributed by atoms with Crippen molar-refractivity contribution >= 4 is 11.9 Å². The molecule has 1 aromatic rings. The van der Waals surface area contributed by atoms with Gasteiger partial charge in [0.2, 0.25) is 5.91 Å². The quantitative estimate of drug-likeness (QED) is 0.711. The van der Waals surface area contributed by atoms with Crippen molar-refractivity contribution in [1.29, 1.82) is 5.26 Å². The van der Waals surface area contributed by atoms with E-state index in [0.717, 1.165) is 5.56 Å². The minimum absolute atomic E-state index is 0.0119. The van der Waals surface area contributed by atoms with Crippen LogP contribution in [0.1, 0.15) is 19.4 Å². The number of carbonyl (C=O) groups is 2. The van der Waals surface area contributed by atoms with Gasteiger partial charge in [-0.05, 0) is 19.4 Å². The molecule has 0 spiro atoms. The van der Waals surface area contributed by atoms with Crippen LogP contribution in [0.3, 0.4) is 0 Å². The molecule has 0 radical (unpaired) electrons. The Morgan fingerprint density at radius 3 is 2.35 bits per heavy atom. The molecular weight excluding hydrogens is 294 g/mol. The van der Waals surface area contributed by atoms with E-state index in [4.69, 9.17) is 10.00 Å². The van der Waals surface area contributed by atoms with Gasteiger partial charge in [0.25, 0.3) is 0 Å². The average molecular weight is 317 g/mol. The maximum absolute atomic E-state index is 12.4. The maximum atomic E-state index is 12.4. The fourth-order valence-corrected chi connectivity index (χ4v) is 1.94. The van der Waals surface area contributed by atoms with Gasteiger partial charge in [0, 0.05) is 13.6 Å². The highest BCUT2D eigenvalue weighted by Crippen LogP contribution is 2.12. The molecule has 0 aliphatic rings. The molecule has 0 heterocycles. The summed E-state index contributed by atoms with van der Waals surface area (Å²) in [7, 11) is 2.90. The Balaban J connectivity index is 2.82. The Bertz CT molecular complexity index is 578. The number of rotatable bonds is 7. The average Bonchev–Trinajstić information content (AvgIpc) is 2.54. The second-order valence-electron chi connectivity index (χ2n) is 5.83. The van der Waals surface area contributed by atoms with Crippen molar-refractivity contribution in [3.05, 3.63) is 35.9 Å². The summed E-state index contributed by atoms with van der Waals surface area (Å²) in [6.07, 6.45) is 0. The molecule has 1 rings (SSSR count). The molecule has 1 aromatic carbocycles. The van der Waals surface area contributed by atoms with E-state index in [9.17, 15) is 9.59 Å². The van der Waals surface area contributed by atoms with Gasteiger partial charge in [-0.3, -0.25) is 14.5 Å². The molecule has 0 saturated carbocycles. The molecule has 0 aliphatic carbocycles. The molecule has 0 N–H and O–H groups in total. The number of carbonyl (C=O) groups excluding carboxylic acids is 2. The molecule has 0 unspecified atom stereocenters. The Labute approximate surface area is 137 Å². The molecule has 0 saturated heterocycles. The van der Waals surface area contributed by atoms with Crippen molar-refractivity contribution < 1.29 is 14.3 Å². The molecule has 124 valence electrons. The number of esters is 1. The van der Waals surface area contributed by atoms with Gasteiger partial charge in [0.1, 0.15) is 5.54 Å². The highest BCUT2D eigenvalue weighted by atomic mass is 16.5. The molecule has 0 fully saturated rings. The lowest BCUT2D eigenvalue weighted by atomic mass is 10.1. The lowest BCUT2D eigenvalue weighted by Crippen LogP contribution is -2.48. The fraction of sp³-hybridized carbons (Fsp3) is 0.471. The number of nitrogens with zero attached hydrogens (tertiary/aromatic N) is 3. The van der Waals surface area contributed by atoms with Crippen molar-refractivity contribution in [2.75, 3.05) is 27.2 Å². The van der Waals surface area contributed by atoms with E-state index < -0.39 is 11.5 Å². The second kappa shape index (κ2) is 8.30. The van der Waals surface area contributed by atoms with Crippen molar-refractivity contribution in [3.8, 4) is 6.07 Å². The molecule has 0 aliphatic heterocycles. The summed E-state index contributed by atoms with van der Waals surface area (Å²) in [5.41, 5.74) is 0.0900. The highest BCUT2D eigenvalue weighted by Gasteiger charge is 2.28. The molecule has 0 aromatic heterocycles. The van der Waals surface area contributed by atoms with Crippen LogP contribution in [0.2, 0.25) is 0 Å². The minimum atomic E-state index is -0.902. The Morgan fingerprint density at radius 2 is 1.83 bits per heavy atom. The number of nitriles is 1. The molecule has 6 heteroatoms. The Hall–Kier alpha value is -2.39. The van der Waals surface area contributed by atoms with Gasteiger partial charge in [-0.15, -0.1) is 0 Å². The number of benzene rings is 1.